The summed E-state index contributed by atoms with van der Waals surface area (Å²) in [5.74, 6) is -1.73. The lowest BCUT2D eigenvalue weighted by Gasteiger charge is -2.26. The van der Waals surface area contributed by atoms with Crippen LogP contribution in [-0.2, 0) is 32.6 Å². The second-order valence-corrected chi connectivity index (χ2v) is 7.56. The maximum absolute atomic E-state index is 12.6. The summed E-state index contributed by atoms with van der Waals surface area (Å²) in [7, 11) is -3.76. The monoisotopic (exact) mass is 337 g/mol. The van der Waals surface area contributed by atoms with Gasteiger partial charge in [0.15, 0.2) is 0 Å². The van der Waals surface area contributed by atoms with Crippen molar-refractivity contribution in [1.82, 2.24) is 4.72 Å². The van der Waals surface area contributed by atoms with Gasteiger partial charge in [0.25, 0.3) is 0 Å². The van der Waals surface area contributed by atoms with Gasteiger partial charge in [-0.05, 0) is 42.5 Å². The number of hydrogen-bond acceptors (Lipinski definition) is 4. The Morgan fingerprint density at radius 2 is 2.00 bits per heavy atom. The molecule has 0 bridgehead atoms. The number of ether oxygens (including phenoxy) is 1. The number of nitrogens with one attached hydrogen (secondary N) is 1. The largest absolute Gasteiger partial charge is 0.481 e. The molecule has 0 radical (unpaired) electrons. The van der Waals surface area contributed by atoms with E-state index in [-0.39, 0.29) is 4.90 Å². The molecule has 0 unspecified atom stereocenters. The molecule has 1 heterocycles. The minimum atomic E-state index is -3.76. The molecule has 0 amide bonds. The topological polar surface area (TPSA) is 92.7 Å². The molecule has 1 aliphatic carbocycles. The van der Waals surface area contributed by atoms with Crippen LogP contribution in [0.2, 0.25) is 0 Å². The summed E-state index contributed by atoms with van der Waals surface area (Å²) in [5.41, 5.74) is 1.97. The third kappa shape index (κ3) is 3.46. The highest BCUT2D eigenvalue weighted by molar-refractivity contribution is 7.89. The van der Waals surface area contributed by atoms with Crippen LogP contribution in [0.15, 0.2) is 35.2 Å². The van der Waals surface area contributed by atoms with E-state index < -0.39 is 28.0 Å². The van der Waals surface area contributed by atoms with Crippen molar-refractivity contribution in [3.8, 4) is 0 Å². The quantitative estimate of drug-likeness (QED) is 0.812. The number of benzene rings is 1. The first-order chi connectivity index (χ1) is 11.0. The Morgan fingerprint density at radius 1 is 1.22 bits per heavy atom. The number of carbonyl (C=O) groups is 1. The fourth-order valence-electron chi connectivity index (χ4n) is 3.00. The first-order valence-electron chi connectivity index (χ1n) is 7.57. The zero-order valence-corrected chi connectivity index (χ0v) is 13.4. The molecule has 23 heavy (non-hydrogen) atoms. The number of fused-ring (bicyclic) bond motifs is 1. The average molecular weight is 337 g/mol. The number of sulfonamides is 1. The number of aliphatic carboxylic acids is 1. The smallest absolute Gasteiger partial charge is 0.308 e. The van der Waals surface area contributed by atoms with Crippen LogP contribution in [0, 0.1) is 5.92 Å². The zero-order valence-electron chi connectivity index (χ0n) is 12.6. The van der Waals surface area contributed by atoms with E-state index in [1.165, 1.54) is 0 Å². The van der Waals surface area contributed by atoms with E-state index in [0.29, 0.717) is 26.1 Å². The molecule has 6 nitrogen and oxygen atoms in total. The molecule has 1 aromatic rings. The number of rotatable bonds is 4. The van der Waals surface area contributed by atoms with Crippen molar-refractivity contribution >= 4 is 16.0 Å². The van der Waals surface area contributed by atoms with Crippen LogP contribution in [0.3, 0.4) is 0 Å². The minimum absolute atomic E-state index is 0.153. The summed E-state index contributed by atoms with van der Waals surface area (Å²) in [6, 6.07) is 4.36. The molecule has 3 rings (SSSR count). The van der Waals surface area contributed by atoms with E-state index in [9.17, 15) is 18.3 Å². The molecule has 2 N–H and O–H groups in total. The summed E-state index contributed by atoms with van der Waals surface area (Å²) in [5, 5.41) is 9.25. The van der Waals surface area contributed by atoms with Gasteiger partial charge in [0, 0.05) is 6.04 Å². The molecule has 2 atom stereocenters. The first kappa shape index (κ1) is 16.2. The van der Waals surface area contributed by atoms with Crippen molar-refractivity contribution < 1.29 is 23.1 Å². The Bertz CT molecular complexity index is 741. The standard InChI is InChI=1S/C16H19NO5S/c18-16(19)14-3-1-2-4-15(14)17-23(20,21)13-6-5-11-7-8-22-10-12(11)9-13/h1-2,5-6,9,14-15,17H,3-4,7-8,10H2,(H,18,19)/t14-,15+/m1/s1. The molecule has 7 heteroatoms. The van der Waals surface area contributed by atoms with Gasteiger partial charge in [0.05, 0.1) is 24.0 Å². The van der Waals surface area contributed by atoms with E-state index in [0.717, 1.165) is 17.5 Å². The predicted octanol–water partition coefficient (Wildman–Crippen LogP) is 1.46. The van der Waals surface area contributed by atoms with Gasteiger partial charge in [-0.1, -0.05) is 18.2 Å². The first-order valence-corrected chi connectivity index (χ1v) is 9.05. The number of allylic oxidation sites excluding steroid dienone is 1. The molecule has 0 fully saturated rings. The fourth-order valence-corrected chi connectivity index (χ4v) is 4.34. The molecule has 0 aromatic heterocycles. The highest BCUT2D eigenvalue weighted by Crippen LogP contribution is 2.24. The summed E-state index contributed by atoms with van der Waals surface area (Å²) in [6.07, 6.45) is 5.08. The maximum atomic E-state index is 12.6. The van der Waals surface area contributed by atoms with Crippen LogP contribution in [-0.4, -0.2) is 32.1 Å². The Kier molecular flexibility index (Phi) is 4.52. The van der Waals surface area contributed by atoms with Gasteiger partial charge in [0.1, 0.15) is 0 Å². The predicted molar refractivity (Wildman–Crippen MR) is 83.4 cm³/mol. The van der Waals surface area contributed by atoms with E-state index >= 15 is 0 Å². The van der Waals surface area contributed by atoms with Gasteiger partial charge in [-0.3, -0.25) is 4.79 Å². The Morgan fingerprint density at radius 3 is 2.78 bits per heavy atom. The van der Waals surface area contributed by atoms with Gasteiger partial charge < -0.3 is 9.84 Å². The van der Waals surface area contributed by atoms with Crippen LogP contribution < -0.4 is 4.72 Å². The summed E-state index contributed by atoms with van der Waals surface area (Å²) in [4.78, 5) is 11.4. The van der Waals surface area contributed by atoms with E-state index in [4.69, 9.17) is 4.74 Å². The number of hydrogen-bond donors (Lipinski definition) is 2. The van der Waals surface area contributed by atoms with Crippen molar-refractivity contribution in [1.29, 1.82) is 0 Å². The van der Waals surface area contributed by atoms with Crippen LogP contribution >= 0.6 is 0 Å². The molecule has 0 saturated heterocycles. The summed E-state index contributed by atoms with van der Waals surface area (Å²) < 4.78 is 33.1. The molecule has 1 aliphatic heterocycles. The fraction of sp³-hybridized carbons (Fsp3) is 0.438. The van der Waals surface area contributed by atoms with Crippen LogP contribution in [0.4, 0.5) is 0 Å². The van der Waals surface area contributed by atoms with Crippen molar-refractivity contribution in [2.45, 2.75) is 36.8 Å². The lowest BCUT2D eigenvalue weighted by molar-refractivity contribution is -0.142. The summed E-state index contributed by atoms with van der Waals surface area (Å²) in [6.45, 7) is 1.05. The zero-order chi connectivity index (χ0) is 16.4. The molecule has 0 spiro atoms. The van der Waals surface area contributed by atoms with Crippen LogP contribution in [0.25, 0.3) is 0 Å². The van der Waals surface area contributed by atoms with E-state index in [2.05, 4.69) is 4.72 Å². The second-order valence-electron chi connectivity index (χ2n) is 5.85. The van der Waals surface area contributed by atoms with Crippen LogP contribution in [0.5, 0.6) is 0 Å². The maximum Gasteiger partial charge on any atom is 0.308 e. The molecule has 124 valence electrons. The van der Waals surface area contributed by atoms with Gasteiger partial charge in [-0.2, -0.15) is 0 Å². The van der Waals surface area contributed by atoms with Crippen molar-refractivity contribution in [2.24, 2.45) is 5.92 Å². The van der Waals surface area contributed by atoms with Gasteiger partial charge in [0.2, 0.25) is 10.0 Å². The van der Waals surface area contributed by atoms with Gasteiger partial charge >= 0.3 is 5.97 Å². The second kappa shape index (κ2) is 6.43. The molecular weight excluding hydrogens is 318 g/mol. The van der Waals surface area contributed by atoms with Gasteiger partial charge in [-0.25, -0.2) is 13.1 Å². The minimum Gasteiger partial charge on any atom is -0.481 e. The van der Waals surface area contributed by atoms with E-state index in [1.54, 1.807) is 18.2 Å². The highest BCUT2D eigenvalue weighted by Gasteiger charge is 2.32. The van der Waals surface area contributed by atoms with Crippen molar-refractivity contribution in [2.75, 3.05) is 6.61 Å². The molecule has 0 saturated carbocycles. The Balaban J connectivity index is 1.84. The van der Waals surface area contributed by atoms with E-state index in [1.807, 2.05) is 12.1 Å². The van der Waals surface area contributed by atoms with Crippen molar-refractivity contribution in [3.63, 3.8) is 0 Å². The lowest BCUT2D eigenvalue weighted by atomic mass is 9.90. The number of carboxylic acid groups (broad SMARTS) is 1. The average Bonchev–Trinajstić information content (AvgIpc) is 2.54. The number of carboxylic acids is 1. The SMILES string of the molecule is O=C(O)[C@@H]1CC=CC[C@@H]1NS(=O)(=O)c1ccc2c(c1)COCC2. The molecule has 2 aliphatic rings. The lowest BCUT2D eigenvalue weighted by Crippen LogP contribution is -2.44. The summed E-state index contributed by atoms with van der Waals surface area (Å²) >= 11 is 0. The van der Waals surface area contributed by atoms with Gasteiger partial charge in [-0.15, -0.1) is 0 Å². The third-order valence-electron chi connectivity index (χ3n) is 4.32. The molecular formula is C16H19NO5S. The molecule has 1 aromatic carbocycles. The third-order valence-corrected chi connectivity index (χ3v) is 5.81. The normalized spacial score (nSPS) is 24.2. The van der Waals surface area contributed by atoms with Crippen LogP contribution in [0.1, 0.15) is 24.0 Å². The Hall–Kier alpha value is -1.70. The Labute approximate surface area is 135 Å². The highest BCUT2D eigenvalue weighted by atomic mass is 32.2. The van der Waals surface area contributed by atoms with Crippen molar-refractivity contribution in [3.05, 3.63) is 41.5 Å².